The standard InChI is InChI=1S/C13H26N2O3S2/c1-3-20(17,18)15-12(9-10-19-2)13(16)14-11-7-5-4-6-8-11/h11-12,15H,3-10H2,1-2H3,(H,14,16)/t12-/m0/s1. The van der Waals surface area contributed by atoms with E-state index in [-0.39, 0.29) is 17.7 Å². The minimum Gasteiger partial charge on any atom is -0.352 e. The largest absolute Gasteiger partial charge is 0.352 e. The first kappa shape index (κ1) is 17.8. The summed E-state index contributed by atoms with van der Waals surface area (Å²) in [5.74, 6) is 0.581. The fourth-order valence-corrected chi connectivity index (χ4v) is 3.62. The van der Waals surface area contributed by atoms with Crippen LogP contribution in [0.1, 0.15) is 45.4 Å². The Morgan fingerprint density at radius 3 is 2.50 bits per heavy atom. The Kier molecular flexibility index (Phi) is 7.91. The minimum absolute atomic E-state index is 0.000519. The lowest BCUT2D eigenvalue weighted by Crippen LogP contribution is -2.50. The first-order valence-corrected chi connectivity index (χ1v) is 10.3. The van der Waals surface area contributed by atoms with E-state index >= 15 is 0 Å². The van der Waals surface area contributed by atoms with Gasteiger partial charge in [0.1, 0.15) is 6.04 Å². The van der Waals surface area contributed by atoms with Crippen molar-refractivity contribution < 1.29 is 13.2 Å². The van der Waals surface area contributed by atoms with Crippen LogP contribution in [0.5, 0.6) is 0 Å². The summed E-state index contributed by atoms with van der Waals surface area (Å²) in [6.45, 7) is 1.58. The smallest absolute Gasteiger partial charge is 0.238 e. The van der Waals surface area contributed by atoms with Crippen LogP contribution in [-0.2, 0) is 14.8 Å². The molecule has 0 heterocycles. The van der Waals surface area contributed by atoms with Crippen LogP contribution in [0.2, 0.25) is 0 Å². The van der Waals surface area contributed by atoms with Crippen molar-refractivity contribution in [3.05, 3.63) is 0 Å². The van der Waals surface area contributed by atoms with Gasteiger partial charge in [-0.25, -0.2) is 13.1 Å². The number of carbonyl (C=O) groups is 1. The number of carbonyl (C=O) groups excluding carboxylic acids is 1. The monoisotopic (exact) mass is 322 g/mol. The van der Waals surface area contributed by atoms with E-state index in [4.69, 9.17) is 0 Å². The lowest BCUT2D eigenvalue weighted by Gasteiger charge is -2.25. The van der Waals surface area contributed by atoms with E-state index in [9.17, 15) is 13.2 Å². The van der Waals surface area contributed by atoms with Gasteiger partial charge in [0.15, 0.2) is 0 Å². The van der Waals surface area contributed by atoms with Crippen LogP contribution < -0.4 is 10.0 Å². The van der Waals surface area contributed by atoms with Crippen LogP contribution in [0.25, 0.3) is 0 Å². The van der Waals surface area contributed by atoms with Gasteiger partial charge in [-0.15, -0.1) is 0 Å². The topological polar surface area (TPSA) is 75.3 Å². The van der Waals surface area contributed by atoms with E-state index in [1.807, 2.05) is 6.26 Å². The van der Waals surface area contributed by atoms with Crippen LogP contribution in [0.3, 0.4) is 0 Å². The van der Waals surface area contributed by atoms with E-state index in [0.29, 0.717) is 6.42 Å². The van der Waals surface area contributed by atoms with E-state index < -0.39 is 16.1 Å². The molecule has 2 N–H and O–H groups in total. The summed E-state index contributed by atoms with van der Waals surface area (Å²) < 4.78 is 25.9. The molecule has 0 bridgehead atoms. The normalized spacial score (nSPS) is 18.7. The van der Waals surface area contributed by atoms with Crippen molar-refractivity contribution in [1.29, 1.82) is 0 Å². The van der Waals surface area contributed by atoms with Crippen molar-refractivity contribution >= 4 is 27.7 Å². The third kappa shape index (κ3) is 6.45. The second-order valence-corrected chi connectivity index (χ2v) is 8.23. The highest BCUT2D eigenvalue weighted by Crippen LogP contribution is 2.17. The summed E-state index contributed by atoms with van der Waals surface area (Å²) >= 11 is 1.61. The maximum absolute atomic E-state index is 12.3. The third-order valence-electron chi connectivity index (χ3n) is 3.58. The molecule has 1 aliphatic rings. The van der Waals surface area contributed by atoms with Crippen molar-refractivity contribution in [3.63, 3.8) is 0 Å². The van der Waals surface area contributed by atoms with Gasteiger partial charge >= 0.3 is 0 Å². The fourth-order valence-electron chi connectivity index (χ4n) is 2.33. The lowest BCUT2D eigenvalue weighted by molar-refractivity contribution is -0.123. The summed E-state index contributed by atoms with van der Waals surface area (Å²) in [4.78, 5) is 12.3. The lowest BCUT2D eigenvalue weighted by atomic mass is 9.95. The first-order chi connectivity index (χ1) is 9.48. The molecule has 0 aromatic rings. The average molecular weight is 322 g/mol. The number of hydrogen-bond acceptors (Lipinski definition) is 4. The average Bonchev–Trinajstić information content (AvgIpc) is 2.44. The molecule has 0 saturated heterocycles. The molecule has 1 amide bonds. The molecule has 0 aliphatic heterocycles. The van der Waals surface area contributed by atoms with Gasteiger partial charge in [-0.3, -0.25) is 4.79 Å². The molecule has 0 aromatic heterocycles. The van der Waals surface area contributed by atoms with Gasteiger partial charge in [-0.05, 0) is 38.2 Å². The number of hydrogen-bond donors (Lipinski definition) is 2. The van der Waals surface area contributed by atoms with Crippen molar-refractivity contribution in [2.24, 2.45) is 0 Å². The molecule has 5 nitrogen and oxygen atoms in total. The Labute approximate surface area is 126 Å². The van der Waals surface area contributed by atoms with Crippen molar-refractivity contribution in [3.8, 4) is 0 Å². The number of sulfonamides is 1. The molecule has 0 unspecified atom stereocenters. The van der Waals surface area contributed by atoms with Gasteiger partial charge in [0.2, 0.25) is 15.9 Å². The van der Waals surface area contributed by atoms with E-state index in [1.165, 1.54) is 6.42 Å². The van der Waals surface area contributed by atoms with Gasteiger partial charge in [-0.1, -0.05) is 19.3 Å². The fraction of sp³-hybridized carbons (Fsp3) is 0.923. The Hall–Kier alpha value is -0.270. The highest BCUT2D eigenvalue weighted by molar-refractivity contribution is 7.98. The maximum Gasteiger partial charge on any atom is 0.238 e. The van der Waals surface area contributed by atoms with Crippen molar-refractivity contribution in [2.45, 2.75) is 57.5 Å². The predicted molar refractivity (Wildman–Crippen MR) is 84.4 cm³/mol. The molecule has 20 heavy (non-hydrogen) atoms. The maximum atomic E-state index is 12.3. The van der Waals surface area contributed by atoms with Gasteiger partial charge in [-0.2, -0.15) is 11.8 Å². The minimum atomic E-state index is -3.36. The predicted octanol–water partition coefficient (Wildman–Crippen LogP) is 1.50. The van der Waals surface area contributed by atoms with Crippen molar-refractivity contribution in [2.75, 3.05) is 17.8 Å². The van der Waals surface area contributed by atoms with Crippen LogP contribution >= 0.6 is 11.8 Å². The zero-order chi connectivity index (χ0) is 15.0. The third-order valence-corrected chi connectivity index (χ3v) is 5.63. The second-order valence-electron chi connectivity index (χ2n) is 5.20. The Balaban J connectivity index is 2.58. The summed E-state index contributed by atoms with van der Waals surface area (Å²) in [5.41, 5.74) is 0. The number of amides is 1. The molecule has 1 aliphatic carbocycles. The summed E-state index contributed by atoms with van der Waals surface area (Å²) in [5, 5.41) is 3.00. The summed E-state index contributed by atoms with van der Waals surface area (Å²) in [6, 6.07) is -0.437. The molecule has 7 heteroatoms. The number of rotatable bonds is 8. The van der Waals surface area contributed by atoms with E-state index in [0.717, 1.165) is 31.4 Å². The van der Waals surface area contributed by atoms with Crippen LogP contribution in [0.4, 0.5) is 0 Å². The molecule has 0 aromatic carbocycles. The first-order valence-electron chi connectivity index (χ1n) is 7.28. The molecule has 1 atom stereocenters. The Morgan fingerprint density at radius 1 is 1.30 bits per heavy atom. The Morgan fingerprint density at radius 2 is 1.95 bits per heavy atom. The SMILES string of the molecule is CCS(=O)(=O)N[C@@H](CCSC)C(=O)NC1CCCCC1. The zero-order valence-corrected chi connectivity index (χ0v) is 14.0. The molecular weight excluding hydrogens is 296 g/mol. The molecule has 118 valence electrons. The number of nitrogens with one attached hydrogen (secondary N) is 2. The second kappa shape index (κ2) is 8.89. The van der Waals surface area contributed by atoms with E-state index in [1.54, 1.807) is 18.7 Å². The molecule has 0 spiro atoms. The molecule has 1 fully saturated rings. The highest BCUT2D eigenvalue weighted by Gasteiger charge is 2.25. The summed E-state index contributed by atoms with van der Waals surface area (Å²) in [6.07, 6.45) is 7.99. The molecule has 0 radical (unpaired) electrons. The quantitative estimate of drug-likeness (QED) is 0.710. The van der Waals surface area contributed by atoms with Crippen LogP contribution in [0.15, 0.2) is 0 Å². The molecule has 1 rings (SSSR count). The van der Waals surface area contributed by atoms with Gasteiger partial charge in [0, 0.05) is 6.04 Å². The van der Waals surface area contributed by atoms with E-state index in [2.05, 4.69) is 10.0 Å². The highest BCUT2D eigenvalue weighted by atomic mass is 32.2. The summed E-state index contributed by atoms with van der Waals surface area (Å²) in [7, 11) is -3.36. The number of thioether (sulfide) groups is 1. The van der Waals surface area contributed by atoms with Gasteiger partial charge in [0.25, 0.3) is 0 Å². The van der Waals surface area contributed by atoms with Crippen molar-refractivity contribution in [1.82, 2.24) is 10.0 Å². The molecular formula is C13H26N2O3S2. The van der Waals surface area contributed by atoms with Gasteiger partial charge < -0.3 is 5.32 Å². The van der Waals surface area contributed by atoms with Crippen LogP contribution in [0, 0.1) is 0 Å². The zero-order valence-electron chi connectivity index (χ0n) is 12.4. The van der Waals surface area contributed by atoms with Crippen LogP contribution in [-0.4, -0.2) is 44.2 Å². The molecule has 1 saturated carbocycles. The van der Waals surface area contributed by atoms with Gasteiger partial charge in [0.05, 0.1) is 5.75 Å². The Bertz CT molecular complexity index is 392.